The number of nitrogens with one attached hydrogen (secondary N) is 1. The first-order valence-corrected chi connectivity index (χ1v) is 8.07. The third-order valence-electron chi connectivity index (χ3n) is 3.61. The summed E-state index contributed by atoms with van der Waals surface area (Å²) in [5.74, 6) is -0.173. The van der Waals surface area contributed by atoms with Crippen LogP contribution in [-0.4, -0.2) is 6.54 Å². The van der Waals surface area contributed by atoms with E-state index in [1.54, 1.807) is 6.07 Å². The monoisotopic (exact) mass is 349 g/mol. The van der Waals surface area contributed by atoms with Crippen LogP contribution in [0.5, 0.6) is 0 Å². The zero-order valence-electron chi connectivity index (χ0n) is 12.7. The first-order chi connectivity index (χ1) is 10.0. The summed E-state index contributed by atoms with van der Waals surface area (Å²) in [6, 6.07) is 11.3. The van der Waals surface area contributed by atoms with E-state index in [1.165, 1.54) is 17.2 Å². The molecule has 1 atom stereocenters. The molecule has 2 aromatic carbocycles. The summed E-state index contributed by atoms with van der Waals surface area (Å²) >= 11 is 3.44. The maximum absolute atomic E-state index is 14.3. The van der Waals surface area contributed by atoms with Crippen molar-refractivity contribution in [3.8, 4) is 0 Å². The maximum atomic E-state index is 14.3. The number of halogens is 2. The van der Waals surface area contributed by atoms with Gasteiger partial charge < -0.3 is 5.32 Å². The molecule has 112 valence electrons. The van der Waals surface area contributed by atoms with Gasteiger partial charge in [0.2, 0.25) is 0 Å². The molecule has 3 heteroatoms. The molecule has 0 radical (unpaired) electrons. The number of hydrogen-bond donors (Lipinski definition) is 1. The molecule has 0 aliphatic heterocycles. The number of benzene rings is 2. The lowest BCUT2D eigenvalue weighted by Crippen LogP contribution is -2.25. The lowest BCUT2D eigenvalue weighted by atomic mass is 9.93. The van der Waals surface area contributed by atoms with Crippen LogP contribution in [0.15, 0.2) is 40.9 Å². The Hall–Kier alpha value is -1.19. The van der Waals surface area contributed by atoms with Crippen molar-refractivity contribution >= 4 is 15.9 Å². The van der Waals surface area contributed by atoms with Crippen molar-refractivity contribution in [3.63, 3.8) is 0 Å². The van der Waals surface area contributed by atoms with Crippen molar-refractivity contribution in [3.05, 3.63) is 68.9 Å². The largest absolute Gasteiger partial charge is 0.306 e. The highest BCUT2D eigenvalue weighted by molar-refractivity contribution is 9.10. The van der Waals surface area contributed by atoms with Crippen LogP contribution in [0, 0.1) is 19.7 Å². The van der Waals surface area contributed by atoms with E-state index in [0.29, 0.717) is 5.56 Å². The van der Waals surface area contributed by atoms with Crippen molar-refractivity contribution < 1.29 is 4.39 Å². The first-order valence-electron chi connectivity index (χ1n) is 7.28. The van der Waals surface area contributed by atoms with Crippen LogP contribution in [0.4, 0.5) is 4.39 Å². The Bertz CT molecular complexity index is 573. The van der Waals surface area contributed by atoms with Crippen molar-refractivity contribution in [1.29, 1.82) is 0 Å². The fourth-order valence-electron chi connectivity index (χ4n) is 2.48. The summed E-state index contributed by atoms with van der Waals surface area (Å²) in [5.41, 5.74) is 4.19. The van der Waals surface area contributed by atoms with Gasteiger partial charge in [0, 0.05) is 10.0 Å². The number of hydrogen-bond acceptors (Lipinski definition) is 1. The van der Waals surface area contributed by atoms with E-state index < -0.39 is 0 Å². The molecule has 0 heterocycles. The molecule has 0 aliphatic carbocycles. The van der Waals surface area contributed by atoms with Gasteiger partial charge in [-0.25, -0.2) is 4.39 Å². The molecule has 2 aromatic rings. The van der Waals surface area contributed by atoms with Gasteiger partial charge >= 0.3 is 0 Å². The van der Waals surface area contributed by atoms with Gasteiger partial charge in [-0.1, -0.05) is 46.6 Å². The van der Waals surface area contributed by atoms with E-state index in [1.807, 2.05) is 6.07 Å². The average molecular weight is 350 g/mol. The average Bonchev–Trinajstić information content (AvgIpc) is 2.46. The van der Waals surface area contributed by atoms with Gasteiger partial charge in [0.1, 0.15) is 5.82 Å². The minimum Gasteiger partial charge on any atom is -0.306 e. The molecule has 0 bridgehead atoms. The molecule has 1 unspecified atom stereocenters. The van der Waals surface area contributed by atoms with E-state index in [4.69, 9.17) is 0 Å². The molecule has 0 aromatic heterocycles. The van der Waals surface area contributed by atoms with Crippen LogP contribution in [0.25, 0.3) is 0 Å². The lowest BCUT2D eigenvalue weighted by Gasteiger charge is -2.23. The van der Waals surface area contributed by atoms with Crippen LogP contribution >= 0.6 is 15.9 Å². The summed E-state index contributed by atoms with van der Waals surface area (Å²) in [5, 5.41) is 3.48. The first kappa shape index (κ1) is 16.2. The fraction of sp³-hybridized carbons (Fsp3) is 0.333. The van der Waals surface area contributed by atoms with E-state index in [2.05, 4.69) is 60.2 Å². The lowest BCUT2D eigenvalue weighted by molar-refractivity contribution is 0.545. The van der Waals surface area contributed by atoms with E-state index in [9.17, 15) is 4.39 Å². The highest BCUT2D eigenvalue weighted by atomic mass is 79.9. The van der Waals surface area contributed by atoms with Gasteiger partial charge in [-0.3, -0.25) is 0 Å². The minimum absolute atomic E-state index is 0.123. The number of aryl methyl sites for hydroxylation is 2. The van der Waals surface area contributed by atoms with Crippen LogP contribution in [0.1, 0.15) is 41.6 Å². The van der Waals surface area contributed by atoms with Gasteiger partial charge in [0.15, 0.2) is 0 Å². The highest BCUT2D eigenvalue weighted by Gasteiger charge is 2.19. The normalized spacial score (nSPS) is 12.4. The second-order valence-corrected chi connectivity index (χ2v) is 6.33. The fourth-order valence-corrected chi connectivity index (χ4v) is 2.86. The summed E-state index contributed by atoms with van der Waals surface area (Å²) in [6.07, 6.45) is 1.01. The van der Waals surface area contributed by atoms with Crippen LogP contribution in [-0.2, 0) is 0 Å². The van der Waals surface area contributed by atoms with Crippen molar-refractivity contribution in [2.45, 2.75) is 33.2 Å². The number of rotatable bonds is 5. The Morgan fingerprint density at radius 3 is 2.57 bits per heavy atom. The van der Waals surface area contributed by atoms with E-state index in [0.717, 1.165) is 23.0 Å². The molecular formula is C18H21BrFN. The smallest absolute Gasteiger partial charge is 0.128 e. The third-order valence-corrected chi connectivity index (χ3v) is 4.11. The quantitative estimate of drug-likeness (QED) is 0.772. The Labute approximate surface area is 134 Å². The topological polar surface area (TPSA) is 12.0 Å². The molecule has 0 saturated carbocycles. The third kappa shape index (κ3) is 3.92. The minimum atomic E-state index is -0.173. The van der Waals surface area contributed by atoms with Gasteiger partial charge in [-0.05, 0) is 56.1 Å². The second-order valence-electron chi connectivity index (χ2n) is 5.41. The second kappa shape index (κ2) is 7.19. The van der Waals surface area contributed by atoms with Crippen LogP contribution in [0.2, 0.25) is 0 Å². The van der Waals surface area contributed by atoms with E-state index in [-0.39, 0.29) is 11.9 Å². The molecule has 1 N–H and O–H groups in total. The Morgan fingerprint density at radius 1 is 1.10 bits per heavy atom. The zero-order chi connectivity index (χ0) is 15.4. The molecule has 0 saturated heterocycles. The molecule has 0 aliphatic rings. The summed E-state index contributed by atoms with van der Waals surface area (Å²) in [7, 11) is 0. The standard InChI is InChI=1S/C18H21BrFN/c1-4-9-21-18(15-10-12(2)5-6-13(15)3)16-11-14(19)7-8-17(16)20/h5-8,10-11,18,21H,4,9H2,1-3H3. The Balaban J connectivity index is 2.52. The summed E-state index contributed by atoms with van der Waals surface area (Å²) in [4.78, 5) is 0. The van der Waals surface area contributed by atoms with Gasteiger partial charge in [0.05, 0.1) is 6.04 Å². The van der Waals surface area contributed by atoms with Crippen LogP contribution in [0.3, 0.4) is 0 Å². The highest BCUT2D eigenvalue weighted by Crippen LogP contribution is 2.29. The van der Waals surface area contributed by atoms with Crippen molar-refractivity contribution in [2.75, 3.05) is 6.54 Å². The van der Waals surface area contributed by atoms with Crippen molar-refractivity contribution in [2.24, 2.45) is 0 Å². The Morgan fingerprint density at radius 2 is 1.86 bits per heavy atom. The van der Waals surface area contributed by atoms with Crippen molar-refractivity contribution in [1.82, 2.24) is 5.32 Å². The SMILES string of the molecule is CCCNC(c1cc(C)ccc1C)c1cc(Br)ccc1F. The molecule has 1 nitrogen and oxygen atoms in total. The van der Waals surface area contributed by atoms with Crippen LogP contribution < -0.4 is 5.32 Å². The molecular weight excluding hydrogens is 329 g/mol. The van der Waals surface area contributed by atoms with Gasteiger partial charge in [-0.15, -0.1) is 0 Å². The molecule has 0 amide bonds. The predicted molar refractivity (Wildman–Crippen MR) is 90.2 cm³/mol. The molecule has 21 heavy (non-hydrogen) atoms. The van der Waals surface area contributed by atoms with Gasteiger partial charge in [-0.2, -0.15) is 0 Å². The zero-order valence-corrected chi connectivity index (χ0v) is 14.3. The van der Waals surface area contributed by atoms with Gasteiger partial charge in [0.25, 0.3) is 0 Å². The molecule has 2 rings (SSSR count). The summed E-state index contributed by atoms with van der Waals surface area (Å²) < 4.78 is 15.2. The Kier molecular flexibility index (Phi) is 5.54. The maximum Gasteiger partial charge on any atom is 0.128 e. The predicted octanol–water partition coefficient (Wildman–Crippen LogP) is 5.29. The molecule has 0 fully saturated rings. The van der Waals surface area contributed by atoms with E-state index >= 15 is 0 Å². The summed E-state index contributed by atoms with van der Waals surface area (Å²) in [6.45, 7) is 7.11. The molecule has 0 spiro atoms.